The third-order valence-corrected chi connectivity index (χ3v) is 4.24. The summed E-state index contributed by atoms with van der Waals surface area (Å²) in [6.07, 6.45) is 8.87. The van der Waals surface area contributed by atoms with Crippen molar-refractivity contribution in [3.63, 3.8) is 0 Å². The van der Waals surface area contributed by atoms with Crippen molar-refractivity contribution >= 4 is 17.2 Å². The Hall–Kier alpha value is -3.66. The van der Waals surface area contributed by atoms with E-state index in [2.05, 4.69) is 30.6 Å². The maximum atomic E-state index is 7.35. The van der Waals surface area contributed by atoms with Gasteiger partial charge in [0.15, 0.2) is 5.82 Å². The van der Waals surface area contributed by atoms with Crippen LogP contribution in [0, 0.1) is 5.53 Å². The highest BCUT2D eigenvalue weighted by molar-refractivity contribution is 5.64. The summed E-state index contributed by atoms with van der Waals surface area (Å²) in [5.74, 6) is 0.687. The van der Waals surface area contributed by atoms with Gasteiger partial charge >= 0.3 is 0 Å². The minimum Gasteiger partial charge on any atom is -0.383 e. The van der Waals surface area contributed by atoms with Crippen LogP contribution in [0.25, 0.3) is 16.8 Å². The first-order valence-electron chi connectivity index (χ1n) is 8.69. The van der Waals surface area contributed by atoms with E-state index in [0.717, 1.165) is 16.6 Å². The minimum atomic E-state index is 0.237. The smallest absolute Gasteiger partial charge is 0.216 e. The molecule has 0 unspecified atom stereocenters. The molecule has 0 aliphatic rings. The van der Waals surface area contributed by atoms with Crippen LogP contribution in [0.5, 0.6) is 0 Å². The Kier molecular flexibility index (Phi) is 5.02. The van der Waals surface area contributed by atoms with Gasteiger partial charge in [0, 0.05) is 37.8 Å². The van der Waals surface area contributed by atoms with Crippen LogP contribution < -0.4 is 5.32 Å². The normalized spacial score (nSPS) is 11.0. The minimum absolute atomic E-state index is 0.237. The van der Waals surface area contributed by atoms with E-state index in [-0.39, 0.29) is 5.82 Å². The summed E-state index contributed by atoms with van der Waals surface area (Å²) in [6.45, 7) is 1.76. The van der Waals surface area contributed by atoms with Gasteiger partial charge in [-0.1, -0.05) is 0 Å². The van der Waals surface area contributed by atoms with E-state index in [9.17, 15) is 0 Å². The molecule has 0 aromatic carbocycles. The van der Waals surface area contributed by atoms with Gasteiger partial charge in [-0.2, -0.15) is 10.2 Å². The van der Waals surface area contributed by atoms with Crippen molar-refractivity contribution in [2.45, 2.75) is 13.1 Å². The maximum Gasteiger partial charge on any atom is 0.216 e. The molecule has 0 saturated heterocycles. The fraction of sp³-hybridized carbons (Fsp3) is 0.222. The highest BCUT2D eigenvalue weighted by Gasteiger charge is 2.10. The summed E-state index contributed by atoms with van der Waals surface area (Å²) in [5, 5.41) is 15.2. The van der Waals surface area contributed by atoms with Crippen molar-refractivity contribution in [3.8, 4) is 11.3 Å². The molecule has 0 atom stereocenters. The van der Waals surface area contributed by atoms with E-state index in [1.54, 1.807) is 34.9 Å². The van der Waals surface area contributed by atoms with Crippen LogP contribution in [-0.2, 0) is 17.8 Å². The van der Waals surface area contributed by atoms with Crippen molar-refractivity contribution in [1.82, 2.24) is 29.4 Å². The van der Waals surface area contributed by atoms with Crippen LogP contribution in [0.15, 0.2) is 54.3 Å². The van der Waals surface area contributed by atoms with Gasteiger partial charge in [-0.15, -0.1) is 5.11 Å². The number of rotatable bonds is 8. The first-order chi connectivity index (χ1) is 13.8. The van der Waals surface area contributed by atoms with Crippen molar-refractivity contribution in [3.05, 3.63) is 54.7 Å². The second-order valence-electron chi connectivity index (χ2n) is 6.11. The molecule has 0 aliphatic heterocycles. The summed E-state index contributed by atoms with van der Waals surface area (Å²) in [6, 6.07) is 5.95. The van der Waals surface area contributed by atoms with Gasteiger partial charge in [0.05, 0.1) is 36.8 Å². The molecule has 142 valence electrons. The Morgan fingerprint density at radius 1 is 1.25 bits per heavy atom. The lowest BCUT2D eigenvalue weighted by Crippen LogP contribution is -2.04. The zero-order chi connectivity index (χ0) is 19.3. The molecule has 2 N–H and O–H groups in total. The third-order valence-electron chi connectivity index (χ3n) is 4.24. The molecular weight excluding hydrogens is 358 g/mol. The van der Waals surface area contributed by atoms with Gasteiger partial charge in [-0.3, -0.25) is 4.68 Å². The van der Waals surface area contributed by atoms with Crippen LogP contribution in [0.2, 0.25) is 0 Å². The van der Waals surface area contributed by atoms with Gasteiger partial charge in [-0.05, 0) is 23.8 Å². The van der Waals surface area contributed by atoms with E-state index >= 15 is 0 Å². The lowest BCUT2D eigenvalue weighted by molar-refractivity contribution is 0.183. The SMILES string of the molecule is COCCn1cc(-c2cnc(N=N)c(NCc3ccn4nccc4c3)n2)cn1. The first-order valence-corrected chi connectivity index (χ1v) is 8.69. The number of anilines is 1. The molecule has 0 radical (unpaired) electrons. The monoisotopic (exact) mass is 377 g/mol. The van der Waals surface area contributed by atoms with Crippen LogP contribution in [-0.4, -0.2) is 43.1 Å². The highest BCUT2D eigenvalue weighted by Crippen LogP contribution is 2.25. The van der Waals surface area contributed by atoms with Gasteiger partial charge in [0.2, 0.25) is 5.82 Å². The third kappa shape index (κ3) is 3.71. The number of ether oxygens (including phenoxy) is 1. The quantitative estimate of drug-likeness (QED) is 0.456. The fourth-order valence-electron chi connectivity index (χ4n) is 2.79. The zero-order valence-corrected chi connectivity index (χ0v) is 15.3. The lowest BCUT2D eigenvalue weighted by Gasteiger charge is -2.09. The second kappa shape index (κ2) is 7.92. The van der Waals surface area contributed by atoms with Gasteiger partial charge in [-0.25, -0.2) is 20.0 Å². The Labute approximate surface area is 160 Å². The molecule has 4 aromatic heterocycles. The molecule has 10 heteroatoms. The van der Waals surface area contributed by atoms with E-state index in [0.29, 0.717) is 31.2 Å². The Balaban J connectivity index is 1.54. The van der Waals surface area contributed by atoms with Crippen LogP contribution in [0.4, 0.5) is 11.6 Å². The van der Waals surface area contributed by atoms with Gasteiger partial charge in [0.25, 0.3) is 0 Å². The van der Waals surface area contributed by atoms with E-state index < -0.39 is 0 Å². The first kappa shape index (κ1) is 17.7. The summed E-state index contributed by atoms with van der Waals surface area (Å²) in [4.78, 5) is 8.83. The fourth-order valence-corrected chi connectivity index (χ4v) is 2.79. The summed E-state index contributed by atoms with van der Waals surface area (Å²) in [5.41, 5.74) is 10.9. The van der Waals surface area contributed by atoms with Crippen molar-refractivity contribution in [2.75, 3.05) is 19.0 Å². The van der Waals surface area contributed by atoms with Gasteiger partial charge in [0.1, 0.15) is 0 Å². The van der Waals surface area contributed by atoms with Crippen LogP contribution in [0.1, 0.15) is 5.56 Å². The number of hydrogen-bond donors (Lipinski definition) is 2. The molecular formula is C18H19N9O. The molecule has 28 heavy (non-hydrogen) atoms. The van der Waals surface area contributed by atoms with Crippen molar-refractivity contribution in [2.24, 2.45) is 5.11 Å². The average molecular weight is 377 g/mol. The molecule has 0 spiro atoms. The Morgan fingerprint density at radius 2 is 2.18 bits per heavy atom. The zero-order valence-electron chi connectivity index (χ0n) is 15.3. The number of aromatic nitrogens is 6. The standard InChI is InChI=1S/C18H19N9O/c1-28-7-6-26-12-14(10-23-26)16-11-21-18(25-19)17(24-16)20-9-13-3-5-27-15(8-13)2-4-22-27/h2-5,8,10-12,19H,6-7,9H2,1H3,(H,20,24). The number of pyridine rings is 1. The number of nitrogens with zero attached hydrogens (tertiary/aromatic N) is 7. The highest BCUT2D eigenvalue weighted by atomic mass is 16.5. The predicted octanol–water partition coefficient (Wildman–Crippen LogP) is 2.91. The lowest BCUT2D eigenvalue weighted by atomic mass is 10.2. The van der Waals surface area contributed by atoms with Crippen molar-refractivity contribution < 1.29 is 4.74 Å². The molecule has 0 fully saturated rings. The number of methoxy groups -OCH3 is 1. The summed E-state index contributed by atoms with van der Waals surface area (Å²) in [7, 11) is 1.65. The molecule has 4 heterocycles. The topological polar surface area (TPSA) is 118 Å². The molecule has 4 aromatic rings. The molecule has 10 nitrogen and oxygen atoms in total. The van der Waals surface area contributed by atoms with Crippen LogP contribution >= 0.6 is 0 Å². The molecule has 0 amide bonds. The predicted molar refractivity (Wildman–Crippen MR) is 102 cm³/mol. The molecule has 0 saturated carbocycles. The van der Waals surface area contributed by atoms with E-state index in [4.69, 9.17) is 10.3 Å². The molecule has 0 bridgehead atoms. The van der Waals surface area contributed by atoms with Gasteiger partial charge < -0.3 is 10.1 Å². The average Bonchev–Trinajstić information content (AvgIpc) is 3.39. The summed E-state index contributed by atoms with van der Waals surface area (Å²) < 4.78 is 8.66. The maximum absolute atomic E-state index is 7.35. The largest absolute Gasteiger partial charge is 0.383 e. The number of hydrogen-bond acceptors (Lipinski definition) is 8. The van der Waals surface area contributed by atoms with Crippen molar-refractivity contribution in [1.29, 1.82) is 5.53 Å². The van der Waals surface area contributed by atoms with E-state index in [1.165, 1.54) is 0 Å². The number of fused-ring (bicyclic) bond motifs is 1. The van der Waals surface area contributed by atoms with Crippen LogP contribution in [0.3, 0.4) is 0 Å². The Bertz CT molecular complexity index is 1100. The second-order valence-corrected chi connectivity index (χ2v) is 6.11. The Morgan fingerprint density at radius 3 is 3.04 bits per heavy atom. The molecule has 4 rings (SSSR count). The number of nitrogens with one attached hydrogen (secondary N) is 2. The summed E-state index contributed by atoms with van der Waals surface area (Å²) >= 11 is 0. The molecule has 0 aliphatic carbocycles. The van der Waals surface area contributed by atoms with E-state index in [1.807, 2.05) is 30.6 Å².